The molecule has 0 radical (unpaired) electrons. The Balaban J connectivity index is 2.13. The van der Waals surface area contributed by atoms with Gasteiger partial charge in [0.15, 0.2) is 0 Å². The number of hydrogen-bond donors (Lipinski definition) is 2. The minimum Gasteiger partial charge on any atom is -0.271 e. The van der Waals surface area contributed by atoms with Crippen LogP contribution in [0, 0.1) is 17.8 Å². The molecule has 1 heterocycles. The lowest BCUT2D eigenvalue weighted by Gasteiger charge is -2.36. The first-order chi connectivity index (χ1) is 8.20. The minimum atomic E-state index is 0.182. The van der Waals surface area contributed by atoms with Crippen LogP contribution in [0.4, 0.5) is 0 Å². The number of hydrogen-bond acceptors (Lipinski definition) is 4. The predicted molar refractivity (Wildman–Crippen MR) is 67.8 cm³/mol. The van der Waals surface area contributed by atoms with Gasteiger partial charge in [0.05, 0.1) is 6.04 Å². The van der Waals surface area contributed by atoms with Gasteiger partial charge in [0.25, 0.3) is 0 Å². The van der Waals surface area contributed by atoms with Crippen molar-refractivity contribution in [3.8, 4) is 0 Å². The Morgan fingerprint density at radius 1 is 1.18 bits per heavy atom. The van der Waals surface area contributed by atoms with Crippen molar-refractivity contribution < 1.29 is 0 Å². The van der Waals surface area contributed by atoms with Gasteiger partial charge in [-0.15, -0.1) is 0 Å². The average molecular weight is 234 g/mol. The molecule has 4 heteroatoms. The van der Waals surface area contributed by atoms with Gasteiger partial charge >= 0.3 is 0 Å². The van der Waals surface area contributed by atoms with Gasteiger partial charge < -0.3 is 0 Å². The summed E-state index contributed by atoms with van der Waals surface area (Å²) in [6, 6.07) is 0.182. The van der Waals surface area contributed by atoms with Gasteiger partial charge in [0.2, 0.25) is 0 Å². The maximum atomic E-state index is 5.72. The Morgan fingerprint density at radius 2 is 1.76 bits per heavy atom. The Morgan fingerprint density at radius 3 is 2.29 bits per heavy atom. The Kier molecular flexibility index (Phi) is 4.07. The summed E-state index contributed by atoms with van der Waals surface area (Å²) in [5, 5.41) is 0. The van der Waals surface area contributed by atoms with Crippen LogP contribution < -0.4 is 11.3 Å². The zero-order valence-corrected chi connectivity index (χ0v) is 10.6. The van der Waals surface area contributed by atoms with Gasteiger partial charge in [0.1, 0.15) is 6.33 Å². The average Bonchev–Trinajstić information content (AvgIpc) is 2.30. The minimum absolute atomic E-state index is 0.182. The van der Waals surface area contributed by atoms with Gasteiger partial charge in [-0.1, -0.05) is 13.8 Å². The van der Waals surface area contributed by atoms with Gasteiger partial charge in [-0.05, 0) is 37.0 Å². The van der Waals surface area contributed by atoms with Crippen LogP contribution >= 0.6 is 0 Å². The number of nitrogens with two attached hydrogens (primary N) is 1. The van der Waals surface area contributed by atoms with Crippen LogP contribution in [0.1, 0.15) is 44.7 Å². The quantitative estimate of drug-likeness (QED) is 0.620. The molecule has 0 spiro atoms. The molecule has 3 N–H and O–H groups in total. The summed E-state index contributed by atoms with van der Waals surface area (Å²) in [6.07, 6.45) is 9.08. The van der Waals surface area contributed by atoms with Crippen molar-refractivity contribution in [2.75, 3.05) is 0 Å². The fraction of sp³-hybridized carbons (Fsp3) is 0.692. The molecule has 0 bridgehead atoms. The summed E-state index contributed by atoms with van der Waals surface area (Å²) in [5.41, 5.74) is 4.05. The fourth-order valence-electron chi connectivity index (χ4n) is 3.26. The lowest BCUT2D eigenvalue weighted by atomic mass is 9.73. The third-order valence-electron chi connectivity index (χ3n) is 3.81. The largest absolute Gasteiger partial charge is 0.271 e. The highest BCUT2D eigenvalue weighted by Gasteiger charge is 2.30. The van der Waals surface area contributed by atoms with Crippen molar-refractivity contribution in [2.45, 2.75) is 39.2 Å². The smallest absolute Gasteiger partial charge is 0.115 e. The van der Waals surface area contributed by atoms with Crippen molar-refractivity contribution in [1.82, 2.24) is 15.4 Å². The van der Waals surface area contributed by atoms with Crippen LogP contribution in [-0.2, 0) is 0 Å². The van der Waals surface area contributed by atoms with Gasteiger partial charge in [0, 0.05) is 18.0 Å². The lowest BCUT2D eigenvalue weighted by molar-refractivity contribution is 0.176. The summed E-state index contributed by atoms with van der Waals surface area (Å²) in [5.74, 6) is 7.87. The van der Waals surface area contributed by atoms with Crippen LogP contribution in [0.3, 0.4) is 0 Å². The maximum absolute atomic E-state index is 5.72. The number of nitrogens with zero attached hydrogens (tertiary/aromatic N) is 2. The second-order valence-corrected chi connectivity index (χ2v) is 5.49. The third kappa shape index (κ3) is 3.01. The van der Waals surface area contributed by atoms with Crippen molar-refractivity contribution >= 4 is 0 Å². The molecule has 4 nitrogen and oxygen atoms in total. The molecule has 2 rings (SSSR count). The molecule has 0 saturated heterocycles. The Labute approximate surface area is 103 Å². The zero-order chi connectivity index (χ0) is 12.3. The van der Waals surface area contributed by atoms with Crippen molar-refractivity contribution in [3.05, 3.63) is 24.3 Å². The predicted octanol–water partition coefficient (Wildman–Crippen LogP) is 2.05. The van der Waals surface area contributed by atoms with Gasteiger partial charge in [-0.25, -0.2) is 9.97 Å². The van der Waals surface area contributed by atoms with E-state index in [0.717, 1.165) is 17.4 Å². The normalized spacial score (nSPS) is 31.1. The molecule has 3 unspecified atom stereocenters. The van der Waals surface area contributed by atoms with Crippen LogP contribution in [-0.4, -0.2) is 9.97 Å². The van der Waals surface area contributed by atoms with E-state index < -0.39 is 0 Å². The van der Waals surface area contributed by atoms with E-state index in [0.29, 0.717) is 5.92 Å². The van der Waals surface area contributed by atoms with Crippen LogP contribution in [0.15, 0.2) is 18.7 Å². The Bertz CT molecular complexity index is 331. The molecule has 0 aliphatic heterocycles. The van der Waals surface area contributed by atoms with E-state index in [1.807, 2.05) is 12.4 Å². The first kappa shape index (κ1) is 12.5. The molecule has 17 heavy (non-hydrogen) atoms. The maximum Gasteiger partial charge on any atom is 0.115 e. The molecule has 94 valence electrons. The summed E-state index contributed by atoms with van der Waals surface area (Å²) in [4.78, 5) is 8.16. The molecule has 3 atom stereocenters. The van der Waals surface area contributed by atoms with E-state index in [1.165, 1.54) is 19.3 Å². The standard InChI is InChI=1S/C13H22N4/c1-9-3-10(2)5-11(4-9)13(17-14)12-6-15-8-16-7-12/h6-11,13,17H,3-5,14H2,1-2H3. The topological polar surface area (TPSA) is 63.8 Å². The molecule has 0 amide bonds. The summed E-state index contributed by atoms with van der Waals surface area (Å²) in [6.45, 7) is 4.66. The molecule has 1 aliphatic carbocycles. The number of rotatable bonds is 3. The molecule has 1 fully saturated rings. The van der Waals surface area contributed by atoms with Crippen molar-refractivity contribution in [3.63, 3.8) is 0 Å². The highest BCUT2D eigenvalue weighted by Crippen LogP contribution is 2.39. The van der Waals surface area contributed by atoms with Crippen molar-refractivity contribution in [1.29, 1.82) is 0 Å². The zero-order valence-electron chi connectivity index (χ0n) is 10.6. The molecule has 1 aromatic heterocycles. The SMILES string of the molecule is CC1CC(C)CC(C(NN)c2cncnc2)C1. The van der Waals surface area contributed by atoms with E-state index in [1.54, 1.807) is 6.33 Å². The number of hydrazine groups is 1. The molecule has 1 aliphatic rings. The molecular weight excluding hydrogens is 212 g/mol. The molecule has 0 aromatic carbocycles. The van der Waals surface area contributed by atoms with Crippen LogP contribution in [0.2, 0.25) is 0 Å². The summed E-state index contributed by atoms with van der Waals surface area (Å²) in [7, 11) is 0. The van der Waals surface area contributed by atoms with Crippen molar-refractivity contribution in [2.24, 2.45) is 23.6 Å². The monoisotopic (exact) mass is 234 g/mol. The van der Waals surface area contributed by atoms with E-state index in [2.05, 4.69) is 29.2 Å². The fourth-order valence-corrected chi connectivity index (χ4v) is 3.26. The number of nitrogens with one attached hydrogen (secondary N) is 1. The summed E-state index contributed by atoms with van der Waals surface area (Å²) < 4.78 is 0. The van der Waals surface area contributed by atoms with E-state index in [4.69, 9.17) is 5.84 Å². The van der Waals surface area contributed by atoms with Crippen LogP contribution in [0.5, 0.6) is 0 Å². The third-order valence-corrected chi connectivity index (χ3v) is 3.81. The highest BCUT2D eigenvalue weighted by atomic mass is 15.2. The van der Waals surface area contributed by atoms with E-state index >= 15 is 0 Å². The highest BCUT2D eigenvalue weighted by molar-refractivity contribution is 5.11. The summed E-state index contributed by atoms with van der Waals surface area (Å²) >= 11 is 0. The van der Waals surface area contributed by atoms with Crippen LogP contribution in [0.25, 0.3) is 0 Å². The number of aromatic nitrogens is 2. The van der Waals surface area contributed by atoms with Gasteiger partial charge in [-0.2, -0.15) is 0 Å². The first-order valence-electron chi connectivity index (χ1n) is 6.41. The van der Waals surface area contributed by atoms with Gasteiger partial charge in [-0.3, -0.25) is 11.3 Å². The molecular formula is C13H22N4. The first-order valence-corrected chi connectivity index (χ1v) is 6.41. The van der Waals surface area contributed by atoms with E-state index in [-0.39, 0.29) is 6.04 Å². The molecule has 1 aromatic rings. The molecule has 1 saturated carbocycles. The second-order valence-electron chi connectivity index (χ2n) is 5.49. The lowest BCUT2D eigenvalue weighted by Crippen LogP contribution is -2.37. The Hall–Kier alpha value is -1.00. The second kappa shape index (κ2) is 5.56. The van der Waals surface area contributed by atoms with E-state index in [9.17, 15) is 0 Å².